The molecule has 0 aromatic rings. The van der Waals surface area contributed by atoms with Crippen molar-refractivity contribution < 1.29 is 35.5 Å². The first-order chi connectivity index (χ1) is 7.01. The van der Waals surface area contributed by atoms with Crippen molar-refractivity contribution in [1.82, 2.24) is 0 Å². The number of ether oxygens (including phenoxy) is 1. The van der Waals surface area contributed by atoms with E-state index >= 15 is 0 Å². The molecule has 0 saturated heterocycles. The molecule has 0 aliphatic rings. The molecule has 0 spiro atoms. The van der Waals surface area contributed by atoms with Crippen molar-refractivity contribution in [2.24, 2.45) is 0 Å². The van der Waals surface area contributed by atoms with E-state index in [1.165, 1.54) is 6.92 Å². The fourth-order valence-corrected chi connectivity index (χ4v) is 2.97. The molecule has 0 heterocycles. The summed E-state index contributed by atoms with van der Waals surface area (Å²) in [5, 5.41) is 0. The number of hydrogen-bond donors (Lipinski definition) is 2. The molecule has 0 aliphatic heterocycles. The predicted octanol–water partition coefficient (Wildman–Crippen LogP) is -0.793. The summed E-state index contributed by atoms with van der Waals surface area (Å²) in [5.41, 5.74) is -1.09. The minimum absolute atomic E-state index is 0.151. The lowest BCUT2D eigenvalue weighted by atomic mass is 10.3. The van der Waals surface area contributed by atoms with Gasteiger partial charge in [0.1, 0.15) is 0 Å². The molecule has 0 bridgehead atoms. The first-order valence-electron chi connectivity index (χ1n) is 3.80. The third-order valence-corrected chi connectivity index (χ3v) is 4.47. The zero-order chi connectivity index (χ0) is 13.1. The van der Waals surface area contributed by atoms with E-state index in [0.717, 1.165) is 0 Å². The summed E-state index contributed by atoms with van der Waals surface area (Å²) in [7, 11) is -10.4. The highest BCUT2D eigenvalue weighted by molar-refractivity contribution is 8.04. The summed E-state index contributed by atoms with van der Waals surface area (Å²) in [6, 6.07) is 0. The van der Waals surface area contributed by atoms with Gasteiger partial charge in [0, 0.05) is 0 Å². The van der Waals surface area contributed by atoms with Gasteiger partial charge in [0.15, 0.2) is 0 Å². The van der Waals surface area contributed by atoms with Crippen LogP contribution in [0.15, 0.2) is 12.2 Å². The number of carbonyl (C=O) groups is 1. The summed E-state index contributed by atoms with van der Waals surface area (Å²) in [6.45, 7) is 4.09. The molecule has 0 atom stereocenters. The Bertz CT molecular complexity index is 453. The standard InChI is InChI=1S/C6H10O8S2/c1-3-14-5(7)4(2)6(15(8,9)10)16(11,12)13/h6H,2-3H2,1H3,(H,8,9,10)(H,11,12,13). The van der Waals surface area contributed by atoms with Crippen LogP contribution in [0.1, 0.15) is 6.92 Å². The van der Waals surface area contributed by atoms with E-state index < -0.39 is 36.4 Å². The van der Waals surface area contributed by atoms with Gasteiger partial charge in [-0.05, 0) is 6.92 Å². The van der Waals surface area contributed by atoms with E-state index in [1.54, 1.807) is 0 Å². The van der Waals surface area contributed by atoms with Crippen LogP contribution in [0.25, 0.3) is 0 Å². The third-order valence-electron chi connectivity index (χ3n) is 1.36. The van der Waals surface area contributed by atoms with Crippen LogP contribution in [-0.4, -0.2) is 43.1 Å². The van der Waals surface area contributed by atoms with Gasteiger partial charge in [-0.25, -0.2) is 4.79 Å². The van der Waals surface area contributed by atoms with Gasteiger partial charge in [0.05, 0.1) is 12.2 Å². The topological polar surface area (TPSA) is 135 Å². The lowest BCUT2D eigenvalue weighted by Gasteiger charge is -2.12. The second-order valence-electron chi connectivity index (χ2n) is 2.61. The molecule has 0 fully saturated rings. The highest BCUT2D eigenvalue weighted by atomic mass is 32.3. The summed E-state index contributed by atoms with van der Waals surface area (Å²) < 4.78 is 61.3. The Kier molecular flexibility index (Phi) is 4.61. The molecule has 94 valence electrons. The molecular formula is C6H10O8S2. The highest BCUT2D eigenvalue weighted by Gasteiger charge is 2.41. The predicted molar refractivity (Wildman–Crippen MR) is 52.7 cm³/mol. The Labute approximate surface area is 92.4 Å². The SMILES string of the molecule is C=C(C(=O)OCC)C(S(=O)(=O)O)S(=O)(=O)O. The van der Waals surface area contributed by atoms with Gasteiger partial charge >= 0.3 is 5.97 Å². The molecule has 2 N–H and O–H groups in total. The van der Waals surface area contributed by atoms with E-state index in [2.05, 4.69) is 11.3 Å². The van der Waals surface area contributed by atoms with Crippen LogP contribution in [0.5, 0.6) is 0 Å². The minimum atomic E-state index is -5.22. The average Bonchev–Trinajstić information content (AvgIpc) is 1.98. The molecule has 0 amide bonds. The van der Waals surface area contributed by atoms with Crippen LogP contribution in [0.2, 0.25) is 0 Å². The molecule has 0 radical (unpaired) electrons. The van der Waals surface area contributed by atoms with Crippen molar-refractivity contribution in [2.45, 2.75) is 11.5 Å². The van der Waals surface area contributed by atoms with Crippen LogP contribution in [0, 0.1) is 0 Å². The second-order valence-corrected chi connectivity index (χ2v) is 5.91. The van der Waals surface area contributed by atoms with Crippen LogP contribution < -0.4 is 0 Å². The molecule has 0 aliphatic carbocycles. The molecule has 0 rings (SSSR count). The van der Waals surface area contributed by atoms with Crippen molar-refractivity contribution in [3.05, 3.63) is 12.2 Å². The lowest BCUT2D eigenvalue weighted by molar-refractivity contribution is -0.138. The largest absolute Gasteiger partial charge is 0.463 e. The molecular weight excluding hydrogens is 264 g/mol. The van der Waals surface area contributed by atoms with Gasteiger partial charge in [-0.3, -0.25) is 9.11 Å². The zero-order valence-electron chi connectivity index (χ0n) is 8.15. The van der Waals surface area contributed by atoms with E-state index in [4.69, 9.17) is 9.11 Å². The van der Waals surface area contributed by atoms with Gasteiger partial charge in [0.25, 0.3) is 20.2 Å². The molecule has 16 heavy (non-hydrogen) atoms. The maximum atomic E-state index is 11.0. The number of rotatable bonds is 5. The zero-order valence-corrected chi connectivity index (χ0v) is 9.78. The maximum absolute atomic E-state index is 11.0. The second kappa shape index (κ2) is 4.91. The Balaban J connectivity index is 5.43. The normalized spacial score (nSPS) is 12.5. The quantitative estimate of drug-likeness (QED) is 0.378. The molecule has 0 aromatic heterocycles. The number of hydrogen-bond acceptors (Lipinski definition) is 6. The van der Waals surface area contributed by atoms with Crippen molar-refractivity contribution in [2.75, 3.05) is 6.61 Å². The van der Waals surface area contributed by atoms with Crippen molar-refractivity contribution >= 4 is 26.2 Å². The Hall–Kier alpha value is -0.970. The average molecular weight is 274 g/mol. The number of esters is 1. The van der Waals surface area contributed by atoms with Crippen LogP contribution in [0.3, 0.4) is 0 Å². The summed E-state index contributed by atoms with van der Waals surface area (Å²) in [6.07, 6.45) is 0. The summed E-state index contributed by atoms with van der Waals surface area (Å²) in [4.78, 5) is 11.0. The lowest BCUT2D eigenvalue weighted by Crippen LogP contribution is -2.34. The smallest absolute Gasteiger partial charge is 0.335 e. The highest BCUT2D eigenvalue weighted by Crippen LogP contribution is 2.16. The third kappa shape index (κ3) is 3.89. The van der Waals surface area contributed by atoms with Crippen LogP contribution in [-0.2, 0) is 29.8 Å². The van der Waals surface area contributed by atoms with E-state index in [9.17, 15) is 21.6 Å². The fraction of sp³-hybridized carbons (Fsp3) is 0.500. The van der Waals surface area contributed by atoms with Gasteiger partial charge in [-0.1, -0.05) is 6.58 Å². The first-order valence-corrected chi connectivity index (χ1v) is 6.81. The minimum Gasteiger partial charge on any atom is -0.463 e. The van der Waals surface area contributed by atoms with E-state index in [1.807, 2.05) is 0 Å². The molecule has 10 heteroatoms. The molecule has 0 aromatic carbocycles. The Morgan fingerprint density at radius 3 is 1.88 bits per heavy atom. The molecule has 8 nitrogen and oxygen atoms in total. The van der Waals surface area contributed by atoms with Gasteiger partial charge in [-0.15, -0.1) is 0 Å². The monoisotopic (exact) mass is 274 g/mol. The first kappa shape index (κ1) is 15.0. The van der Waals surface area contributed by atoms with Crippen LogP contribution in [0.4, 0.5) is 0 Å². The maximum Gasteiger partial charge on any atom is 0.335 e. The molecule has 0 saturated carbocycles. The summed E-state index contributed by atoms with van der Waals surface area (Å²) in [5.74, 6) is -1.34. The molecule has 0 unspecified atom stereocenters. The van der Waals surface area contributed by atoms with E-state index in [-0.39, 0.29) is 6.61 Å². The van der Waals surface area contributed by atoms with Crippen LogP contribution >= 0.6 is 0 Å². The summed E-state index contributed by atoms with van der Waals surface area (Å²) >= 11 is 0. The Morgan fingerprint density at radius 1 is 1.25 bits per heavy atom. The van der Waals surface area contributed by atoms with E-state index in [0.29, 0.717) is 0 Å². The van der Waals surface area contributed by atoms with Gasteiger partial charge in [-0.2, -0.15) is 16.8 Å². The van der Waals surface area contributed by atoms with Crippen molar-refractivity contribution in [3.8, 4) is 0 Å². The van der Waals surface area contributed by atoms with Crippen molar-refractivity contribution in [1.29, 1.82) is 0 Å². The van der Waals surface area contributed by atoms with Crippen molar-refractivity contribution in [3.63, 3.8) is 0 Å². The Morgan fingerprint density at radius 2 is 1.62 bits per heavy atom. The van der Waals surface area contributed by atoms with Gasteiger partial charge in [0.2, 0.25) is 4.58 Å². The fourth-order valence-electron chi connectivity index (χ4n) is 0.833. The van der Waals surface area contributed by atoms with Gasteiger partial charge < -0.3 is 4.74 Å². The number of carbonyl (C=O) groups excluding carboxylic acids is 1.